The number of nitrogens with one attached hydrogen (secondary N) is 1. The van der Waals surface area contributed by atoms with E-state index >= 15 is 0 Å². The Morgan fingerprint density at radius 2 is 1.43 bits per heavy atom. The molecule has 0 saturated carbocycles. The normalized spacial score (nSPS) is 11.8. The summed E-state index contributed by atoms with van der Waals surface area (Å²) in [6, 6.07) is 17.1. The van der Waals surface area contributed by atoms with Crippen molar-refractivity contribution in [2.24, 2.45) is 5.41 Å². The van der Waals surface area contributed by atoms with E-state index in [0.29, 0.717) is 25.2 Å². The maximum atomic E-state index is 5.85. The van der Waals surface area contributed by atoms with Crippen molar-refractivity contribution in [1.29, 1.82) is 0 Å². The zero-order valence-corrected chi connectivity index (χ0v) is 20.4. The average Bonchev–Trinajstić information content (AvgIpc) is 2.64. The van der Waals surface area contributed by atoms with Crippen molar-refractivity contribution in [3.8, 4) is 5.75 Å². The van der Waals surface area contributed by atoms with Crippen LogP contribution < -0.4 is 10.1 Å². The summed E-state index contributed by atoms with van der Waals surface area (Å²) < 4.78 is 11.6. The monoisotopic (exact) mass is 433 g/mol. The van der Waals surface area contributed by atoms with E-state index in [1.54, 1.807) is 0 Å². The van der Waals surface area contributed by atoms with Gasteiger partial charge in [-0.1, -0.05) is 71.0 Å². The molecule has 30 heavy (non-hydrogen) atoms. The molecule has 0 fully saturated rings. The number of halogens is 1. The van der Waals surface area contributed by atoms with Crippen LogP contribution in [0.25, 0.3) is 0 Å². The van der Waals surface area contributed by atoms with Gasteiger partial charge in [-0.05, 0) is 59.5 Å². The number of benzene rings is 2. The molecule has 168 valence electrons. The molecular weight excluding hydrogens is 394 g/mol. The minimum absolute atomic E-state index is 0. The molecule has 2 aromatic carbocycles. The molecule has 0 atom stereocenters. The molecule has 0 aromatic heterocycles. The molecule has 0 bridgehead atoms. The lowest BCUT2D eigenvalue weighted by Crippen LogP contribution is -2.24. The molecule has 0 aliphatic rings. The third kappa shape index (κ3) is 9.07. The van der Waals surface area contributed by atoms with Crippen LogP contribution in [0.1, 0.15) is 57.7 Å². The molecule has 2 rings (SSSR count). The maximum Gasteiger partial charge on any atom is 0.119 e. The van der Waals surface area contributed by atoms with Crippen molar-refractivity contribution in [3.63, 3.8) is 0 Å². The third-order valence-electron chi connectivity index (χ3n) is 5.11. The molecule has 4 heteroatoms. The van der Waals surface area contributed by atoms with Crippen molar-refractivity contribution in [2.45, 2.75) is 59.4 Å². The van der Waals surface area contributed by atoms with Crippen LogP contribution in [0.3, 0.4) is 0 Å². The molecule has 0 radical (unpaired) electrons. The molecule has 0 spiro atoms. The highest BCUT2D eigenvalue weighted by molar-refractivity contribution is 5.85. The molecule has 1 N–H and O–H groups in total. The van der Waals surface area contributed by atoms with E-state index in [0.717, 1.165) is 25.1 Å². The van der Waals surface area contributed by atoms with Gasteiger partial charge in [0, 0.05) is 6.54 Å². The number of ether oxygens (including phenoxy) is 2. The van der Waals surface area contributed by atoms with Crippen molar-refractivity contribution in [3.05, 3.63) is 65.2 Å². The fourth-order valence-electron chi connectivity index (χ4n) is 4.10. The molecule has 0 heterocycles. The van der Waals surface area contributed by atoms with Gasteiger partial charge in [0.05, 0.1) is 13.2 Å². The highest BCUT2D eigenvalue weighted by Gasteiger charge is 2.27. The minimum Gasteiger partial charge on any atom is -0.491 e. The van der Waals surface area contributed by atoms with Gasteiger partial charge in [-0.3, -0.25) is 0 Å². The van der Waals surface area contributed by atoms with Gasteiger partial charge in [-0.15, -0.1) is 12.4 Å². The Hall–Kier alpha value is -1.55. The highest BCUT2D eigenvalue weighted by atomic mass is 35.5. The summed E-state index contributed by atoms with van der Waals surface area (Å²) in [7, 11) is 1.97. The van der Waals surface area contributed by atoms with E-state index in [4.69, 9.17) is 9.47 Å². The summed E-state index contributed by atoms with van der Waals surface area (Å²) in [5.41, 5.74) is 4.50. The summed E-state index contributed by atoms with van der Waals surface area (Å²) in [5, 5.41) is 3.22. The summed E-state index contributed by atoms with van der Waals surface area (Å²) in [4.78, 5) is 0. The Morgan fingerprint density at radius 1 is 0.800 bits per heavy atom. The predicted molar refractivity (Wildman–Crippen MR) is 130 cm³/mol. The fourth-order valence-corrected chi connectivity index (χ4v) is 4.10. The Bertz CT molecular complexity index is 735. The average molecular weight is 434 g/mol. The molecule has 2 aromatic rings. The first-order valence-electron chi connectivity index (χ1n) is 10.7. The van der Waals surface area contributed by atoms with Crippen LogP contribution in [0.2, 0.25) is 0 Å². The fraction of sp³-hybridized carbons (Fsp3) is 0.538. The zero-order chi connectivity index (χ0) is 21.3. The van der Waals surface area contributed by atoms with Gasteiger partial charge in [0.25, 0.3) is 0 Å². The number of hydrogen-bond acceptors (Lipinski definition) is 3. The SMILES string of the molecule is CNCc1ccccc1CCOCCOc1ccc(C(C)(C)CC(C)(C)C)cc1.Cl. The summed E-state index contributed by atoms with van der Waals surface area (Å²) >= 11 is 0. The Morgan fingerprint density at radius 3 is 2.03 bits per heavy atom. The summed E-state index contributed by atoms with van der Waals surface area (Å²) in [6.07, 6.45) is 2.07. The second-order valence-electron chi connectivity index (χ2n) is 9.66. The molecule has 0 aliphatic heterocycles. The Labute approximate surface area is 190 Å². The summed E-state index contributed by atoms with van der Waals surface area (Å²) in [6.45, 7) is 14.3. The number of rotatable bonds is 11. The summed E-state index contributed by atoms with van der Waals surface area (Å²) in [5.74, 6) is 0.906. The molecular formula is C26H40ClNO2. The standard InChI is InChI=1S/C26H39NO2.ClH/c1-25(2,3)20-26(4,5)23-11-13-24(14-12-23)29-18-17-28-16-15-21-9-7-8-10-22(21)19-27-6;/h7-14,27H,15-20H2,1-6H3;1H. The van der Waals surface area contributed by atoms with E-state index in [1.165, 1.54) is 16.7 Å². The van der Waals surface area contributed by atoms with Crippen molar-refractivity contribution in [1.82, 2.24) is 5.32 Å². The largest absolute Gasteiger partial charge is 0.491 e. The quantitative estimate of drug-likeness (QED) is 0.429. The van der Waals surface area contributed by atoms with Crippen molar-refractivity contribution >= 4 is 12.4 Å². The third-order valence-corrected chi connectivity index (χ3v) is 5.11. The Kier molecular flexibility index (Phi) is 10.9. The zero-order valence-electron chi connectivity index (χ0n) is 19.6. The molecule has 0 saturated heterocycles. The first-order valence-corrected chi connectivity index (χ1v) is 10.7. The van der Waals surface area contributed by atoms with Gasteiger partial charge in [0.1, 0.15) is 12.4 Å². The van der Waals surface area contributed by atoms with Crippen LogP contribution >= 0.6 is 12.4 Å². The first-order chi connectivity index (χ1) is 13.7. The van der Waals surface area contributed by atoms with Crippen molar-refractivity contribution < 1.29 is 9.47 Å². The first kappa shape index (κ1) is 26.5. The smallest absolute Gasteiger partial charge is 0.119 e. The lowest BCUT2D eigenvalue weighted by atomic mass is 9.72. The van der Waals surface area contributed by atoms with Crippen LogP contribution in [0.15, 0.2) is 48.5 Å². The van der Waals surface area contributed by atoms with Gasteiger partial charge in [0.2, 0.25) is 0 Å². The van der Waals surface area contributed by atoms with Crippen LogP contribution in [0.5, 0.6) is 5.75 Å². The van der Waals surface area contributed by atoms with Crippen molar-refractivity contribution in [2.75, 3.05) is 26.9 Å². The van der Waals surface area contributed by atoms with E-state index in [9.17, 15) is 0 Å². The van der Waals surface area contributed by atoms with Crippen LogP contribution in [-0.4, -0.2) is 26.9 Å². The van der Waals surface area contributed by atoms with Crippen LogP contribution in [0, 0.1) is 5.41 Å². The van der Waals surface area contributed by atoms with Gasteiger partial charge in [-0.2, -0.15) is 0 Å². The second kappa shape index (κ2) is 12.3. The van der Waals surface area contributed by atoms with E-state index in [2.05, 4.69) is 88.5 Å². The molecule has 0 amide bonds. The lowest BCUT2D eigenvalue weighted by Gasteiger charge is -2.33. The topological polar surface area (TPSA) is 30.5 Å². The van der Waals surface area contributed by atoms with Gasteiger partial charge in [-0.25, -0.2) is 0 Å². The van der Waals surface area contributed by atoms with Gasteiger partial charge < -0.3 is 14.8 Å². The van der Waals surface area contributed by atoms with E-state index < -0.39 is 0 Å². The molecule has 3 nitrogen and oxygen atoms in total. The van der Waals surface area contributed by atoms with Crippen LogP contribution in [0.4, 0.5) is 0 Å². The number of hydrogen-bond donors (Lipinski definition) is 1. The predicted octanol–water partition coefficient (Wildman–Crippen LogP) is 6.18. The van der Waals surface area contributed by atoms with Gasteiger partial charge >= 0.3 is 0 Å². The lowest BCUT2D eigenvalue weighted by molar-refractivity contribution is 0.102. The van der Waals surface area contributed by atoms with E-state index in [-0.39, 0.29) is 17.8 Å². The highest BCUT2D eigenvalue weighted by Crippen LogP contribution is 2.36. The second-order valence-corrected chi connectivity index (χ2v) is 9.66. The minimum atomic E-state index is 0. The van der Waals surface area contributed by atoms with E-state index in [1.807, 2.05) is 7.05 Å². The molecule has 0 aliphatic carbocycles. The molecule has 0 unspecified atom stereocenters. The van der Waals surface area contributed by atoms with Gasteiger partial charge in [0.15, 0.2) is 0 Å². The Balaban J connectivity index is 0.00000450. The van der Waals surface area contributed by atoms with Crippen LogP contribution in [-0.2, 0) is 23.1 Å². The maximum absolute atomic E-state index is 5.85.